The molecule has 0 N–H and O–H groups in total. The summed E-state index contributed by atoms with van der Waals surface area (Å²) in [5.41, 5.74) is 1.90. The summed E-state index contributed by atoms with van der Waals surface area (Å²) in [6.07, 6.45) is 0. The molecule has 0 aliphatic heterocycles. The second-order valence-corrected chi connectivity index (χ2v) is 11.2. The van der Waals surface area contributed by atoms with Gasteiger partial charge in [-0.15, -0.1) is 0 Å². The van der Waals surface area contributed by atoms with E-state index >= 15 is 0 Å². The van der Waals surface area contributed by atoms with Gasteiger partial charge in [0, 0.05) is 5.69 Å². The van der Waals surface area contributed by atoms with E-state index in [9.17, 15) is 4.79 Å². The molecule has 1 rings (SSSR count). The number of hydrogen-bond donors (Lipinski definition) is 0. The first-order valence-electron chi connectivity index (χ1n) is 5.88. The lowest BCUT2D eigenvalue weighted by molar-refractivity contribution is 0.108. The Bertz CT molecular complexity index is 401. The Balaban J connectivity index is 3.12. The Hall–Kier alpha value is -0.743. The van der Waals surface area contributed by atoms with Crippen molar-refractivity contribution in [2.24, 2.45) is 0 Å². The van der Waals surface area contributed by atoms with Crippen LogP contribution in [0.25, 0.3) is 0 Å². The number of rotatable bonds is 4. The molecule has 17 heavy (non-hydrogen) atoms. The highest BCUT2D eigenvalue weighted by Crippen LogP contribution is 2.27. The van der Waals surface area contributed by atoms with Crippen molar-refractivity contribution in [2.75, 3.05) is 17.4 Å². The third kappa shape index (κ3) is 3.61. The average Bonchev–Trinajstić information content (AvgIpc) is 2.27. The summed E-state index contributed by atoms with van der Waals surface area (Å²) in [5, 5.41) is 0.174. The smallest absolute Gasteiger partial charge is 0.221 e. The third-order valence-corrected chi connectivity index (χ3v) is 5.79. The molecule has 0 atom stereocenters. The molecule has 0 bridgehead atoms. The molecule has 0 aliphatic carbocycles. The maximum Gasteiger partial charge on any atom is 0.221 e. The molecule has 0 spiro atoms. The molecule has 1 aromatic rings. The van der Waals surface area contributed by atoms with Gasteiger partial charge in [0.2, 0.25) is 5.12 Å². The molecule has 2 nitrogen and oxygen atoms in total. The lowest BCUT2D eigenvalue weighted by Crippen LogP contribution is -2.43. The minimum atomic E-state index is -1.43. The zero-order valence-electron chi connectivity index (χ0n) is 11.3. The van der Waals surface area contributed by atoms with Crippen LogP contribution < -0.4 is 4.57 Å². The number of carbonyl (C=O) groups excluding carboxylic acids is 1. The van der Waals surface area contributed by atoms with Gasteiger partial charge in [0.25, 0.3) is 0 Å². The minimum Gasteiger partial charge on any atom is -0.400 e. The lowest BCUT2D eigenvalue weighted by atomic mass is 10.2. The van der Waals surface area contributed by atoms with Crippen molar-refractivity contribution >= 4 is 30.8 Å². The topological polar surface area (TPSA) is 20.3 Å². The van der Waals surface area contributed by atoms with Crippen LogP contribution in [0.3, 0.4) is 0 Å². The quantitative estimate of drug-likeness (QED) is 0.773. The Morgan fingerprint density at radius 1 is 1.29 bits per heavy atom. The Morgan fingerprint density at radius 3 is 2.41 bits per heavy atom. The predicted octanol–water partition coefficient (Wildman–Crippen LogP) is 3.85. The first-order chi connectivity index (χ1) is 7.88. The molecule has 0 saturated heterocycles. The summed E-state index contributed by atoms with van der Waals surface area (Å²) in [6.45, 7) is 8.84. The SMILES string of the molecule is CCSC(=O)c1ccccc1N(C)[Si](C)(C)C. The molecular formula is C13H21NOSSi. The van der Waals surface area contributed by atoms with Gasteiger partial charge in [-0.05, 0) is 24.9 Å². The van der Waals surface area contributed by atoms with E-state index in [0.717, 1.165) is 17.0 Å². The van der Waals surface area contributed by atoms with Gasteiger partial charge in [-0.1, -0.05) is 50.5 Å². The number of hydrogen-bond acceptors (Lipinski definition) is 3. The Morgan fingerprint density at radius 2 is 1.88 bits per heavy atom. The zero-order valence-corrected chi connectivity index (χ0v) is 13.1. The number of para-hydroxylation sites is 1. The predicted molar refractivity (Wildman–Crippen MR) is 80.7 cm³/mol. The van der Waals surface area contributed by atoms with Gasteiger partial charge in [-0.25, -0.2) is 0 Å². The van der Waals surface area contributed by atoms with Crippen molar-refractivity contribution in [1.29, 1.82) is 0 Å². The highest BCUT2D eigenvalue weighted by molar-refractivity contribution is 8.14. The van der Waals surface area contributed by atoms with Gasteiger partial charge >= 0.3 is 0 Å². The van der Waals surface area contributed by atoms with Crippen LogP contribution in [0.4, 0.5) is 5.69 Å². The van der Waals surface area contributed by atoms with Gasteiger partial charge in [0.05, 0.1) is 5.56 Å². The van der Waals surface area contributed by atoms with Crippen molar-refractivity contribution in [2.45, 2.75) is 26.6 Å². The van der Waals surface area contributed by atoms with Crippen LogP contribution in [0, 0.1) is 0 Å². The molecule has 1 aromatic carbocycles. The fourth-order valence-electron chi connectivity index (χ4n) is 1.51. The molecule has 0 heterocycles. The van der Waals surface area contributed by atoms with E-state index in [1.165, 1.54) is 11.8 Å². The molecule has 0 saturated carbocycles. The molecule has 0 fully saturated rings. The molecule has 94 valence electrons. The van der Waals surface area contributed by atoms with Gasteiger partial charge in [-0.3, -0.25) is 4.79 Å². The van der Waals surface area contributed by atoms with Crippen LogP contribution in [0.5, 0.6) is 0 Å². The number of thioether (sulfide) groups is 1. The molecule has 0 aromatic heterocycles. The standard InChI is InChI=1S/C13H21NOSSi/c1-6-16-13(15)11-9-7-8-10-12(11)14(2)17(3,4)5/h7-10H,6H2,1-5H3. The second kappa shape index (κ2) is 5.73. The van der Waals surface area contributed by atoms with Crippen molar-refractivity contribution in [3.63, 3.8) is 0 Å². The molecule has 4 heteroatoms. The number of carbonyl (C=O) groups is 1. The largest absolute Gasteiger partial charge is 0.400 e. The summed E-state index contributed by atoms with van der Waals surface area (Å²) in [5.74, 6) is 0.823. The minimum absolute atomic E-state index is 0.174. The fourth-order valence-corrected chi connectivity index (χ4v) is 3.02. The van der Waals surface area contributed by atoms with E-state index < -0.39 is 8.24 Å². The summed E-state index contributed by atoms with van der Waals surface area (Å²) in [6, 6.07) is 7.91. The van der Waals surface area contributed by atoms with Gasteiger partial charge in [-0.2, -0.15) is 0 Å². The number of benzene rings is 1. The monoisotopic (exact) mass is 267 g/mol. The molecule has 0 unspecified atom stereocenters. The Labute approximate surface area is 109 Å². The molecule has 0 aliphatic rings. The van der Waals surface area contributed by atoms with Crippen molar-refractivity contribution in [3.05, 3.63) is 29.8 Å². The van der Waals surface area contributed by atoms with E-state index in [2.05, 4.69) is 31.3 Å². The highest BCUT2D eigenvalue weighted by atomic mass is 32.2. The fraction of sp³-hybridized carbons (Fsp3) is 0.462. The van der Waals surface area contributed by atoms with Crippen LogP contribution in [0.2, 0.25) is 19.6 Å². The van der Waals surface area contributed by atoms with E-state index in [-0.39, 0.29) is 5.12 Å². The van der Waals surface area contributed by atoms with Gasteiger partial charge < -0.3 is 4.57 Å². The van der Waals surface area contributed by atoms with Crippen molar-refractivity contribution in [1.82, 2.24) is 0 Å². The maximum atomic E-state index is 12.0. The average molecular weight is 267 g/mol. The van der Waals surface area contributed by atoms with E-state index in [4.69, 9.17) is 0 Å². The third-order valence-electron chi connectivity index (χ3n) is 2.77. The lowest BCUT2D eigenvalue weighted by Gasteiger charge is -2.33. The molecule has 0 radical (unpaired) electrons. The summed E-state index contributed by atoms with van der Waals surface area (Å²) in [7, 11) is 0.662. The number of nitrogens with zero attached hydrogens (tertiary/aromatic N) is 1. The van der Waals surface area contributed by atoms with Crippen LogP contribution in [-0.2, 0) is 0 Å². The number of anilines is 1. The van der Waals surface area contributed by atoms with E-state index in [1.807, 2.05) is 31.2 Å². The summed E-state index contributed by atoms with van der Waals surface area (Å²) in [4.78, 5) is 12.0. The van der Waals surface area contributed by atoms with E-state index in [0.29, 0.717) is 0 Å². The van der Waals surface area contributed by atoms with E-state index in [1.54, 1.807) is 0 Å². The maximum absolute atomic E-state index is 12.0. The van der Waals surface area contributed by atoms with Gasteiger partial charge in [0.1, 0.15) is 8.24 Å². The molecule has 0 amide bonds. The van der Waals surface area contributed by atoms with Crippen molar-refractivity contribution in [3.8, 4) is 0 Å². The summed E-state index contributed by atoms with van der Waals surface area (Å²) >= 11 is 1.38. The highest BCUT2D eigenvalue weighted by Gasteiger charge is 2.24. The normalized spacial score (nSPS) is 11.4. The zero-order chi connectivity index (χ0) is 13.1. The first-order valence-corrected chi connectivity index (χ1v) is 10.3. The second-order valence-electron chi connectivity index (χ2n) is 4.97. The van der Waals surface area contributed by atoms with Crippen LogP contribution in [0.15, 0.2) is 24.3 Å². The van der Waals surface area contributed by atoms with Crippen LogP contribution in [-0.4, -0.2) is 26.2 Å². The van der Waals surface area contributed by atoms with Crippen LogP contribution in [0.1, 0.15) is 17.3 Å². The first kappa shape index (κ1) is 14.3. The molecular weight excluding hydrogens is 246 g/mol. The van der Waals surface area contributed by atoms with Gasteiger partial charge in [0.15, 0.2) is 0 Å². The summed E-state index contributed by atoms with van der Waals surface area (Å²) < 4.78 is 2.29. The van der Waals surface area contributed by atoms with Crippen LogP contribution >= 0.6 is 11.8 Å². The van der Waals surface area contributed by atoms with Crippen molar-refractivity contribution < 1.29 is 4.79 Å². The Kier molecular flexibility index (Phi) is 4.83.